The molecule has 92 valence electrons. The second-order valence-electron chi connectivity index (χ2n) is 4.82. The third-order valence-corrected chi connectivity index (χ3v) is 3.45. The summed E-state index contributed by atoms with van der Waals surface area (Å²) in [5.41, 5.74) is 0. The Hall–Kier alpha value is -0.610. The molecule has 2 heterocycles. The minimum absolute atomic E-state index is 0.172. The highest BCUT2D eigenvalue weighted by Gasteiger charge is 2.18. The second-order valence-corrected chi connectivity index (χ2v) is 4.82. The van der Waals surface area contributed by atoms with Crippen LogP contribution >= 0.6 is 0 Å². The lowest BCUT2D eigenvalue weighted by Gasteiger charge is -2.26. The molecule has 4 heteroatoms. The molecule has 0 aromatic carbocycles. The van der Waals surface area contributed by atoms with Gasteiger partial charge in [-0.25, -0.2) is 0 Å². The van der Waals surface area contributed by atoms with Gasteiger partial charge in [0, 0.05) is 19.6 Å². The van der Waals surface area contributed by atoms with E-state index < -0.39 is 0 Å². The van der Waals surface area contributed by atoms with Crippen molar-refractivity contribution in [1.82, 2.24) is 10.2 Å². The predicted octanol–water partition coefficient (Wildman–Crippen LogP) is 0.625. The molecular weight excluding hydrogens is 204 g/mol. The number of nitrogens with one attached hydrogen (secondary N) is 1. The molecule has 0 aromatic rings. The van der Waals surface area contributed by atoms with Gasteiger partial charge in [-0.15, -0.1) is 0 Å². The normalized spacial score (nSPS) is 26.0. The van der Waals surface area contributed by atoms with Crippen LogP contribution < -0.4 is 5.32 Å². The van der Waals surface area contributed by atoms with Crippen LogP contribution in [-0.4, -0.2) is 50.2 Å². The van der Waals surface area contributed by atoms with Crippen LogP contribution in [0.25, 0.3) is 0 Å². The molecule has 4 nitrogen and oxygen atoms in total. The fourth-order valence-electron chi connectivity index (χ4n) is 2.40. The van der Waals surface area contributed by atoms with E-state index in [1.54, 1.807) is 0 Å². The van der Waals surface area contributed by atoms with Crippen LogP contribution in [0.15, 0.2) is 0 Å². The van der Waals surface area contributed by atoms with Crippen LogP contribution in [0.3, 0.4) is 0 Å². The highest BCUT2D eigenvalue weighted by atomic mass is 16.5. The molecule has 1 atom stereocenters. The first-order chi connectivity index (χ1) is 7.86. The van der Waals surface area contributed by atoms with E-state index in [1.807, 2.05) is 4.90 Å². The van der Waals surface area contributed by atoms with E-state index in [0.717, 1.165) is 45.6 Å². The van der Waals surface area contributed by atoms with Gasteiger partial charge >= 0.3 is 0 Å². The van der Waals surface area contributed by atoms with Gasteiger partial charge in [0.2, 0.25) is 5.91 Å². The summed E-state index contributed by atoms with van der Waals surface area (Å²) in [6.45, 7) is 4.98. The van der Waals surface area contributed by atoms with Gasteiger partial charge < -0.3 is 15.0 Å². The van der Waals surface area contributed by atoms with E-state index in [9.17, 15) is 4.79 Å². The molecule has 1 amide bonds. The summed E-state index contributed by atoms with van der Waals surface area (Å²) in [4.78, 5) is 13.7. The third kappa shape index (κ3) is 3.46. The molecule has 0 radical (unpaired) electrons. The van der Waals surface area contributed by atoms with Crippen molar-refractivity contribution in [2.24, 2.45) is 5.92 Å². The van der Waals surface area contributed by atoms with Crippen LogP contribution in [0.1, 0.15) is 25.7 Å². The van der Waals surface area contributed by atoms with E-state index in [4.69, 9.17) is 4.74 Å². The van der Waals surface area contributed by atoms with Gasteiger partial charge in [-0.2, -0.15) is 0 Å². The Morgan fingerprint density at radius 1 is 1.31 bits per heavy atom. The largest absolute Gasteiger partial charge is 0.371 e. The Labute approximate surface area is 97.3 Å². The molecule has 0 bridgehead atoms. The molecule has 2 fully saturated rings. The summed E-state index contributed by atoms with van der Waals surface area (Å²) in [7, 11) is 0. The molecule has 2 rings (SSSR count). The fraction of sp³-hybridized carbons (Fsp3) is 0.917. The Bertz CT molecular complexity index is 221. The molecule has 0 aliphatic carbocycles. The van der Waals surface area contributed by atoms with Crippen molar-refractivity contribution in [3.05, 3.63) is 0 Å². The van der Waals surface area contributed by atoms with Gasteiger partial charge in [0.05, 0.1) is 6.61 Å². The average molecular weight is 226 g/mol. The van der Waals surface area contributed by atoms with Crippen molar-refractivity contribution >= 4 is 5.91 Å². The van der Waals surface area contributed by atoms with E-state index in [1.165, 1.54) is 12.8 Å². The summed E-state index contributed by atoms with van der Waals surface area (Å²) >= 11 is 0. The highest BCUT2D eigenvalue weighted by Crippen LogP contribution is 2.10. The number of carbonyl (C=O) groups is 1. The molecule has 16 heavy (non-hydrogen) atoms. The Balaban J connectivity index is 1.59. The lowest BCUT2D eigenvalue weighted by Crippen LogP contribution is -2.38. The molecule has 1 N–H and O–H groups in total. The standard InChI is InChI=1S/C12H22N2O2/c15-12(14-6-2-1-3-7-14)10-16-9-11-4-5-13-8-11/h11,13H,1-10H2. The van der Waals surface area contributed by atoms with Gasteiger partial charge in [0.1, 0.15) is 6.61 Å². The SMILES string of the molecule is O=C(COCC1CCNC1)N1CCCCC1. The lowest BCUT2D eigenvalue weighted by atomic mass is 10.1. The van der Waals surface area contributed by atoms with Gasteiger partial charge in [0.25, 0.3) is 0 Å². The van der Waals surface area contributed by atoms with Crippen molar-refractivity contribution < 1.29 is 9.53 Å². The number of hydrogen-bond donors (Lipinski definition) is 1. The summed E-state index contributed by atoms with van der Waals surface area (Å²) < 4.78 is 5.50. The van der Waals surface area contributed by atoms with Gasteiger partial charge in [-0.05, 0) is 38.1 Å². The number of amides is 1. The minimum atomic E-state index is 0.172. The summed E-state index contributed by atoms with van der Waals surface area (Å²) in [6, 6.07) is 0. The average Bonchev–Trinajstić information content (AvgIpc) is 2.83. The van der Waals surface area contributed by atoms with Crippen molar-refractivity contribution in [2.45, 2.75) is 25.7 Å². The zero-order valence-corrected chi connectivity index (χ0v) is 9.91. The summed E-state index contributed by atoms with van der Waals surface area (Å²) in [5.74, 6) is 0.778. The number of piperidine rings is 1. The molecule has 0 spiro atoms. The monoisotopic (exact) mass is 226 g/mol. The number of ether oxygens (including phenoxy) is 1. The number of nitrogens with zero attached hydrogens (tertiary/aromatic N) is 1. The maximum absolute atomic E-state index is 11.8. The summed E-state index contributed by atoms with van der Waals surface area (Å²) in [5, 5.41) is 3.30. The van der Waals surface area contributed by atoms with E-state index in [-0.39, 0.29) is 12.5 Å². The van der Waals surface area contributed by atoms with Crippen molar-refractivity contribution in [3.8, 4) is 0 Å². The smallest absolute Gasteiger partial charge is 0.248 e. The zero-order valence-electron chi connectivity index (χ0n) is 9.91. The van der Waals surface area contributed by atoms with E-state index >= 15 is 0 Å². The third-order valence-electron chi connectivity index (χ3n) is 3.45. The molecule has 2 aliphatic rings. The molecule has 2 saturated heterocycles. The van der Waals surface area contributed by atoms with Gasteiger partial charge in [-0.3, -0.25) is 4.79 Å². The predicted molar refractivity (Wildman–Crippen MR) is 62.2 cm³/mol. The Morgan fingerprint density at radius 3 is 2.81 bits per heavy atom. The highest BCUT2D eigenvalue weighted by molar-refractivity contribution is 5.77. The van der Waals surface area contributed by atoms with Gasteiger partial charge in [-0.1, -0.05) is 0 Å². The fourth-order valence-corrected chi connectivity index (χ4v) is 2.40. The first-order valence-electron chi connectivity index (χ1n) is 6.42. The summed E-state index contributed by atoms with van der Waals surface area (Å²) in [6.07, 6.45) is 4.74. The number of hydrogen-bond acceptors (Lipinski definition) is 3. The van der Waals surface area contributed by atoms with E-state index in [2.05, 4.69) is 5.32 Å². The quantitative estimate of drug-likeness (QED) is 0.764. The molecule has 0 saturated carbocycles. The van der Waals surface area contributed by atoms with Crippen LogP contribution in [0.4, 0.5) is 0 Å². The first kappa shape index (κ1) is 11.9. The van der Waals surface area contributed by atoms with E-state index in [0.29, 0.717) is 5.92 Å². The zero-order chi connectivity index (χ0) is 11.2. The van der Waals surface area contributed by atoms with Crippen LogP contribution in [0.2, 0.25) is 0 Å². The van der Waals surface area contributed by atoms with Gasteiger partial charge in [0.15, 0.2) is 0 Å². The topological polar surface area (TPSA) is 41.6 Å². The molecular formula is C12H22N2O2. The van der Waals surface area contributed by atoms with Crippen LogP contribution in [-0.2, 0) is 9.53 Å². The lowest BCUT2D eigenvalue weighted by molar-refractivity contribution is -0.137. The van der Waals surface area contributed by atoms with Crippen molar-refractivity contribution in [2.75, 3.05) is 39.4 Å². The number of carbonyl (C=O) groups excluding carboxylic acids is 1. The maximum Gasteiger partial charge on any atom is 0.248 e. The molecule has 2 aliphatic heterocycles. The van der Waals surface area contributed by atoms with Crippen molar-refractivity contribution in [3.63, 3.8) is 0 Å². The van der Waals surface area contributed by atoms with Crippen molar-refractivity contribution in [1.29, 1.82) is 0 Å². The molecule has 1 unspecified atom stereocenters. The second kappa shape index (κ2) is 6.21. The Morgan fingerprint density at radius 2 is 2.12 bits per heavy atom. The number of likely N-dealkylation sites (tertiary alicyclic amines) is 1. The Kier molecular flexibility index (Phi) is 4.60. The van der Waals surface area contributed by atoms with Crippen LogP contribution in [0, 0.1) is 5.92 Å². The number of rotatable bonds is 4. The minimum Gasteiger partial charge on any atom is -0.371 e. The molecule has 0 aromatic heterocycles. The maximum atomic E-state index is 11.8. The van der Waals surface area contributed by atoms with Crippen LogP contribution in [0.5, 0.6) is 0 Å². The first-order valence-corrected chi connectivity index (χ1v) is 6.42.